The number of nitro groups is 1. The largest absolute Gasteiger partial charge is 0.444 e. The van der Waals surface area contributed by atoms with Crippen molar-refractivity contribution in [1.82, 2.24) is 9.97 Å². The van der Waals surface area contributed by atoms with E-state index >= 15 is 0 Å². The summed E-state index contributed by atoms with van der Waals surface area (Å²) < 4.78 is 5.38. The lowest BCUT2D eigenvalue weighted by Gasteiger charge is -2.11. The van der Waals surface area contributed by atoms with Gasteiger partial charge in [-0.15, -0.1) is 0 Å². The van der Waals surface area contributed by atoms with Gasteiger partial charge in [-0.1, -0.05) is 0 Å². The average Bonchev–Trinajstić information content (AvgIpc) is 2.75. The average molecular weight is 262 g/mol. The van der Waals surface area contributed by atoms with E-state index in [1.807, 2.05) is 0 Å². The summed E-state index contributed by atoms with van der Waals surface area (Å²) in [5, 5.41) is 14.0. The number of oxazole rings is 1. The maximum Gasteiger partial charge on any atom is 0.314 e. The van der Waals surface area contributed by atoms with Crippen LogP contribution in [0.4, 0.5) is 11.5 Å². The maximum atomic E-state index is 11.1. The summed E-state index contributed by atoms with van der Waals surface area (Å²) >= 11 is 0. The van der Waals surface area contributed by atoms with E-state index in [4.69, 9.17) is 4.42 Å². The fourth-order valence-corrected chi connectivity index (χ4v) is 1.73. The summed E-state index contributed by atoms with van der Waals surface area (Å²) in [5.74, 6) is 1.37. The fraction of sp³-hybridized carbons (Fsp3) is 0.333. The first kappa shape index (κ1) is 13.0. The van der Waals surface area contributed by atoms with Crippen LogP contribution in [0, 0.1) is 24.0 Å². The normalized spacial score (nSPS) is 12.2. The van der Waals surface area contributed by atoms with Crippen molar-refractivity contribution in [3.63, 3.8) is 0 Å². The van der Waals surface area contributed by atoms with E-state index in [1.165, 1.54) is 6.20 Å². The lowest BCUT2D eigenvalue weighted by atomic mass is 10.2. The van der Waals surface area contributed by atoms with Gasteiger partial charge in [0.2, 0.25) is 11.7 Å². The second-order valence-corrected chi connectivity index (χ2v) is 4.26. The molecule has 2 rings (SSSR count). The molecule has 100 valence electrons. The number of anilines is 1. The third-order valence-corrected chi connectivity index (χ3v) is 2.67. The van der Waals surface area contributed by atoms with E-state index in [9.17, 15) is 10.1 Å². The van der Waals surface area contributed by atoms with Gasteiger partial charge in [0.1, 0.15) is 11.8 Å². The maximum absolute atomic E-state index is 11.1. The number of aryl methyl sites for hydroxylation is 2. The molecule has 1 N–H and O–H groups in total. The monoisotopic (exact) mass is 262 g/mol. The van der Waals surface area contributed by atoms with Crippen molar-refractivity contribution in [2.75, 3.05) is 5.32 Å². The highest BCUT2D eigenvalue weighted by Crippen LogP contribution is 2.28. The first-order valence-corrected chi connectivity index (χ1v) is 5.78. The number of nitrogens with zero attached hydrogens (tertiary/aromatic N) is 3. The zero-order valence-electron chi connectivity index (χ0n) is 10.9. The lowest BCUT2D eigenvalue weighted by molar-refractivity contribution is -0.384. The quantitative estimate of drug-likeness (QED) is 0.672. The summed E-state index contributed by atoms with van der Waals surface area (Å²) in [6.07, 6.45) is 3.13. The van der Waals surface area contributed by atoms with Crippen molar-refractivity contribution in [1.29, 1.82) is 0 Å². The van der Waals surface area contributed by atoms with Gasteiger partial charge in [0.15, 0.2) is 0 Å². The molecule has 0 amide bonds. The highest BCUT2D eigenvalue weighted by Gasteiger charge is 2.21. The molecule has 0 aliphatic heterocycles. The van der Waals surface area contributed by atoms with Crippen LogP contribution in [0.3, 0.4) is 0 Å². The van der Waals surface area contributed by atoms with Crippen molar-refractivity contribution >= 4 is 11.5 Å². The predicted molar refractivity (Wildman–Crippen MR) is 68.9 cm³/mol. The summed E-state index contributed by atoms with van der Waals surface area (Å²) in [5.41, 5.74) is 0.524. The minimum Gasteiger partial charge on any atom is -0.444 e. The molecule has 1 atom stereocenters. The Kier molecular flexibility index (Phi) is 3.46. The first-order chi connectivity index (χ1) is 8.99. The zero-order chi connectivity index (χ0) is 14.0. The van der Waals surface area contributed by atoms with Gasteiger partial charge < -0.3 is 9.73 Å². The van der Waals surface area contributed by atoms with Crippen molar-refractivity contribution in [2.24, 2.45) is 0 Å². The van der Waals surface area contributed by atoms with Gasteiger partial charge in [-0.05, 0) is 26.8 Å². The summed E-state index contributed by atoms with van der Waals surface area (Å²) in [7, 11) is 0. The van der Waals surface area contributed by atoms with Crippen molar-refractivity contribution < 1.29 is 9.34 Å². The van der Waals surface area contributed by atoms with Gasteiger partial charge in [-0.3, -0.25) is 10.1 Å². The number of rotatable bonds is 4. The molecule has 19 heavy (non-hydrogen) atoms. The van der Waals surface area contributed by atoms with Crippen molar-refractivity contribution in [3.05, 3.63) is 45.8 Å². The van der Waals surface area contributed by atoms with Crippen LogP contribution in [-0.2, 0) is 0 Å². The van der Waals surface area contributed by atoms with Crippen molar-refractivity contribution in [3.8, 4) is 0 Å². The number of pyridine rings is 1. The van der Waals surface area contributed by atoms with Gasteiger partial charge >= 0.3 is 5.69 Å². The smallest absolute Gasteiger partial charge is 0.314 e. The van der Waals surface area contributed by atoms with Gasteiger partial charge in [0, 0.05) is 11.8 Å². The van der Waals surface area contributed by atoms with E-state index in [0.717, 1.165) is 0 Å². The minimum absolute atomic E-state index is 0.0300. The summed E-state index contributed by atoms with van der Waals surface area (Å²) in [6, 6.07) is 1.30. The Hall–Kier alpha value is -2.44. The number of nitrogens with one attached hydrogen (secondary N) is 1. The van der Waals surface area contributed by atoms with Crippen LogP contribution in [0.5, 0.6) is 0 Å². The van der Waals surface area contributed by atoms with E-state index in [2.05, 4.69) is 15.3 Å². The Bertz CT molecular complexity index is 609. The predicted octanol–water partition coefficient (Wildman–Crippen LogP) is 2.77. The fourth-order valence-electron chi connectivity index (χ4n) is 1.73. The molecule has 0 aromatic carbocycles. The second-order valence-electron chi connectivity index (χ2n) is 4.26. The number of hydrogen-bond acceptors (Lipinski definition) is 6. The highest BCUT2D eigenvalue weighted by atomic mass is 16.6. The van der Waals surface area contributed by atoms with E-state index in [-0.39, 0.29) is 17.5 Å². The van der Waals surface area contributed by atoms with Crippen LogP contribution >= 0.6 is 0 Å². The third-order valence-electron chi connectivity index (χ3n) is 2.67. The van der Waals surface area contributed by atoms with E-state index < -0.39 is 4.92 Å². The Balaban J connectivity index is 2.28. The standard InChI is InChI=1S/C12H14N4O3/c1-7-4-5-13-11(10(7)16(17)18)15-9(3)12-14-6-8(2)19-12/h4-6,9H,1-3H3,(H,13,15). The second kappa shape index (κ2) is 5.05. The summed E-state index contributed by atoms with van der Waals surface area (Å²) in [4.78, 5) is 18.7. The number of hydrogen-bond donors (Lipinski definition) is 1. The zero-order valence-corrected chi connectivity index (χ0v) is 10.9. The van der Waals surface area contributed by atoms with Crippen LogP contribution in [0.15, 0.2) is 22.9 Å². The molecule has 0 bridgehead atoms. The number of aromatic nitrogens is 2. The van der Waals surface area contributed by atoms with Crippen LogP contribution in [-0.4, -0.2) is 14.9 Å². The van der Waals surface area contributed by atoms with Gasteiger partial charge in [-0.25, -0.2) is 9.97 Å². The van der Waals surface area contributed by atoms with E-state index in [1.54, 1.807) is 33.0 Å². The molecular weight excluding hydrogens is 248 g/mol. The van der Waals surface area contributed by atoms with Gasteiger partial charge in [0.05, 0.1) is 11.1 Å². The van der Waals surface area contributed by atoms with Crippen LogP contribution in [0.2, 0.25) is 0 Å². The molecule has 0 radical (unpaired) electrons. The molecule has 0 fully saturated rings. The molecule has 0 saturated heterocycles. The Morgan fingerprint density at radius 2 is 2.16 bits per heavy atom. The molecule has 0 aliphatic rings. The third kappa shape index (κ3) is 2.70. The lowest BCUT2D eigenvalue weighted by Crippen LogP contribution is -2.10. The first-order valence-electron chi connectivity index (χ1n) is 5.78. The highest BCUT2D eigenvalue weighted by molar-refractivity contribution is 5.60. The van der Waals surface area contributed by atoms with Crippen LogP contribution < -0.4 is 5.32 Å². The van der Waals surface area contributed by atoms with Crippen LogP contribution in [0.1, 0.15) is 30.2 Å². The van der Waals surface area contributed by atoms with Gasteiger partial charge in [-0.2, -0.15) is 0 Å². The molecular formula is C12H14N4O3. The molecule has 0 aliphatic carbocycles. The molecule has 2 aromatic rings. The minimum atomic E-state index is -0.446. The molecule has 2 aromatic heterocycles. The molecule has 7 nitrogen and oxygen atoms in total. The Morgan fingerprint density at radius 3 is 2.74 bits per heavy atom. The Morgan fingerprint density at radius 1 is 1.42 bits per heavy atom. The molecule has 7 heteroatoms. The Labute approximate surface area is 109 Å². The topological polar surface area (TPSA) is 94.1 Å². The molecule has 2 heterocycles. The SMILES string of the molecule is Cc1cnc(C(C)Nc2nccc(C)c2[N+](=O)[O-])o1. The van der Waals surface area contributed by atoms with Crippen molar-refractivity contribution in [2.45, 2.75) is 26.8 Å². The van der Waals surface area contributed by atoms with Gasteiger partial charge in [0.25, 0.3) is 0 Å². The molecule has 0 spiro atoms. The van der Waals surface area contributed by atoms with E-state index in [0.29, 0.717) is 17.2 Å². The molecule has 0 saturated carbocycles. The van der Waals surface area contributed by atoms with Crippen LogP contribution in [0.25, 0.3) is 0 Å². The summed E-state index contributed by atoms with van der Waals surface area (Å²) in [6.45, 7) is 5.26. The molecule has 1 unspecified atom stereocenters.